The van der Waals surface area contributed by atoms with Crippen molar-refractivity contribution in [2.45, 2.75) is 26.4 Å². The fraction of sp³-hybridized carbons (Fsp3) is 0.227. The molecule has 0 aliphatic carbocycles. The Kier molecular flexibility index (Phi) is 5.31. The summed E-state index contributed by atoms with van der Waals surface area (Å²) in [5.41, 5.74) is 2.99. The van der Waals surface area contributed by atoms with Crippen molar-refractivity contribution in [2.75, 3.05) is 7.11 Å². The summed E-state index contributed by atoms with van der Waals surface area (Å²) in [7, 11) is 1.63. The van der Waals surface area contributed by atoms with Gasteiger partial charge in [-0.05, 0) is 37.4 Å². The van der Waals surface area contributed by atoms with Crippen LogP contribution in [-0.2, 0) is 6.54 Å². The first-order valence-corrected chi connectivity index (χ1v) is 10.3. The Morgan fingerprint density at radius 3 is 2.83 bits per heavy atom. The van der Waals surface area contributed by atoms with Crippen LogP contribution in [0.2, 0.25) is 0 Å². The molecule has 3 heterocycles. The molecule has 29 heavy (non-hydrogen) atoms. The van der Waals surface area contributed by atoms with Crippen molar-refractivity contribution in [3.05, 3.63) is 65.2 Å². The van der Waals surface area contributed by atoms with E-state index in [1.54, 1.807) is 24.6 Å². The summed E-state index contributed by atoms with van der Waals surface area (Å²) in [5, 5.41) is 10.2. The second kappa shape index (κ2) is 8.05. The number of amides is 1. The van der Waals surface area contributed by atoms with E-state index in [1.807, 2.05) is 66.4 Å². The highest BCUT2D eigenvalue weighted by atomic mass is 32.1. The molecule has 0 radical (unpaired) electrons. The Hall–Kier alpha value is -3.19. The lowest BCUT2D eigenvalue weighted by atomic mass is 10.1. The smallest absolute Gasteiger partial charge is 0.252 e. The third-order valence-corrected chi connectivity index (χ3v) is 5.77. The Labute approximate surface area is 173 Å². The van der Waals surface area contributed by atoms with E-state index in [0.717, 1.165) is 27.3 Å². The van der Waals surface area contributed by atoms with Crippen molar-refractivity contribution in [2.24, 2.45) is 0 Å². The van der Waals surface area contributed by atoms with Crippen LogP contribution in [0.15, 0.2) is 54.0 Å². The Morgan fingerprint density at radius 1 is 1.28 bits per heavy atom. The van der Waals surface area contributed by atoms with Gasteiger partial charge in [0, 0.05) is 12.1 Å². The topological polar surface area (TPSA) is 69.0 Å². The number of nitrogens with one attached hydrogen (secondary N) is 1. The normalized spacial score (nSPS) is 12.1. The third-order valence-electron chi connectivity index (χ3n) is 4.88. The summed E-state index contributed by atoms with van der Waals surface area (Å²) in [6, 6.07) is 13.3. The van der Waals surface area contributed by atoms with Crippen LogP contribution in [0.25, 0.3) is 21.6 Å². The van der Waals surface area contributed by atoms with Gasteiger partial charge in [0.15, 0.2) is 5.65 Å². The fourth-order valence-electron chi connectivity index (χ4n) is 3.39. The average Bonchev–Trinajstić information content (AvgIpc) is 3.42. The first kappa shape index (κ1) is 19.1. The predicted octanol–water partition coefficient (Wildman–Crippen LogP) is 4.68. The molecule has 0 saturated carbocycles. The van der Waals surface area contributed by atoms with Crippen molar-refractivity contribution in [1.82, 2.24) is 20.1 Å². The molecule has 0 bridgehead atoms. The van der Waals surface area contributed by atoms with E-state index < -0.39 is 0 Å². The number of fused-ring (bicyclic) bond motifs is 1. The maximum atomic E-state index is 13.2. The molecule has 4 aromatic rings. The number of methoxy groups -OCH3 is 1. The molecule has 0 aliphatic heterocycles. The molecule has 0 aliphatic rings. The van der Waals surface area contributed by atoms with Crippen molar-refractivity contribution in [1.29, 1.82) is 0 Å². The van der Waals surface area contributed by atoms with E-state index in [1.165, 1.54) is 0 Å². The number of thiophene rings is 1. The van der Waals surface area contributed by atoms with E-state index >= 15 is 0 Å². The largest absolute Gasteiger partial charge is 0.496 e. The van der Waals surface area contributed by atoms with Gasteiger partial charge in [0.2, 0.25) is 0 Å². The predicted molar refractivity (Wildman–Crippen MR) is 115 cm³/mol. The number of hydrogen-bond donors (Lipinski definition) is 1. The zero-order valence-electron chi connectivity index (χ0n) is 16.5. The monoisotopic (exact) mass is 406 g/mol. The van der Waals surface area contributed by atoms with Gasteiger partial charge >= 0.3 is 0 Å². The molecule has 0 spiro atoms. The Bertz CT molecular complexity index is 1150. The van der Waals surface area contributed by atoms with Gasteiger partial charge in [-0.2, -0.15) is 5.10 Å². The third kappa shape index (κ3) is 3.61. The number of benzene rings is 1. The van der Waals surface area contributed by atoms with Gasteiger partial charge in [-0.15, -0.1) is 11.3 Å². The molecule has 0 saturated heterocycles. The number of para-hydroxylation sites is 1. The SMILES string of the molecule is CCn1ncc2c(C(=O)NC(C)c3ccccc3OC)cc(-c3cccs3)nc21. The van der Waals surface area contributed by atoms with Gasteiger partial charge in [-0.1, -0.05) is 24.3 Å². The first-order valence-electron chi connectivity index (χ1n) is 9.46. The van der Waals surface area contributed by atoms with Crippen LogP contribution in [0, 0.1) is 0 Å². The molecule has 6 nitrogen and oxygen atoms in total. The van der Waals surface area contributed by atoms with Crippen molar-refractivity contribution in [3.8, 4) is 16.3 Å². The van der Waals surface area contributed by atoms with Crippen LogP contribution in [0.3, 0.4) is 0 Å². The highest BCUT2D eigenvalue weighted by Gasteiger charge is 2.20. The molecular formula is C22H22N4O2S. The van der Waals surface area contributed by atoms with Crippen LogP contribution >= 0.6 is 11.3 Å². The number of rotatable bonds is 6. The van der Waals surface area contributed by atoms with E-state index in [0.29, 0.717) is 17.8 Å². The molecule has 4 rings (SSSR count). The van der Waals surface area contributed by atoms with Gasteiger partial charge < -0.3 is 10.1 Å². The maximum absolute atomic E-state index is 13.2. The van der Waals surface area contributed by atoms with E-state index in [9.17, 15) is 4.79 Å². The second-order valence-electron chi connectivity index (χ2n) is 6.67. The second-order valence-corrected chi connectivity index (χ2v) is 7.61. The minimum Gasteiger partial charge on any atom is -0.496 e. The quantitative estimate of drug-likeness (QED) is 0.505. The summed E-state index contributed by atoms with van der Waals surface area (Å²) in [5.74, 6) is 0.586. The van der Waals surface area contributed by atoms with Crippen LogP contribution in [0.4, 0.5) is 0 Å². The van der Waals surface area contributed by atoms with Gasteiger partial charge in [0.25, 0.3) is 5.91 Å². The molecular weight excluding hydrogens is 384 g/mol. The Balaban J connectivity index is 1.74. The summed E-state index contributed by atoms with van der Waals surface area (Å²) >= 11 is 1.60. The van der Waals surface area contributed by atoms with E-state index in [2.05, 4.69) is 10.4 Å². The first-order chi connectivity index (χ1) is 14.1. The maximum Gasteiger partial charge on any atom is 0.252 e. The lowest BCUT2D eigenvalue weighted by molar-refractivity contribution is 0.0941. The van der Waals surface area contributed by atoms with Gasteiger partial charge in [0.05, 0.1) is 40.9 Å². The Morgan fingerprint density at radius 2 is 2.10 bits per heavy atom. The highest BCUT2D eigenvalue weighted by molar-refractivity contribution is 7.13. The highest BCUT2D eigenvalue weighted by Crippen LogP contribution is 2.29. The van der Waals surface area contributed by atoms with Crippen molar-refractivity contribution in [3.63, 3.8) is 0 Å². The molecule has 1 N–H and O–H groups in total. The standard InChI is InChI=1S/C22H22N4O2S/c1-4-26-21-17(13-23-26)16(12-18(25-21)20-10-7-11-29-20)22(27)24-14(2)15-8-5-6-9-19(15)28-3/h5-14H,4H2,1-3H3,(H,24,27). The zero-order chi connectivity index (χ0) is 20.4. The number of ether oxygens (including phenoxy) is 1. The molecule has 1 unspecified atom stereocenters. The van der Waals surface area contributed by atoms with Gasteiger partial charge in [-0.25, -0.2) is 9.67 Å². The lowest BCUT2D eigenvalue weighted by Gasteiger charge is -2.17. The number of nitrogens with zero attached hydrogens (tertiary/aromatic N) is 3. The number of carbonyl (C=O) groups excluding carboxylic acids is 1. The van der Waals surface area contributed by atoms with Crippen LogP contribution in [-0.4, -0.2) is 27.8 Å². The number of aryl methyl sites for hydroxylation is 1. The van der Waals surface area contributed by atoms with Gasteiger partial charge in [-0.3, -0.25) is 4.79 Å². The molecule has 7 heteroatoms. The molecule has 3 aromatic heterocycles. The number of carbonyl (C=O) groups is 1. The van der Waals surface area contributed by atoms with Crippen LogP contribution in [0.1, 0.15) is 35.8 Å². The number of hydrogen-bond acceptors (Lipinski definition) is 5. The van der Waals surface area contributed by atoms with E-state index in [4.69, 9.17) is 9.72 Å². The van der Waals surface area contributed by atoms with E-state index in [-0.39, 0.29) is 11.9 Å². The molecule has 148 valence electrons. The lowest BCUT2D eigenvalue weighted by Crippen LogP contribution is -2.27. The van der Waals surface area contributed by atoms with Crippen molar-refractivity contribution >= 4 is 28.3 Å². The van der Waals surface area contributed by atoms with Crippen LogP contribution in [0.5, 0.6) is 5.75 Å². The van der Waals surface area contributed by atoms with Crippen molar-refractivity contribution < 1.29 is 9.53 Å². The summed E-state index contributed by atoms with van der Waals surface area (Å²) in [6.45, 7) is 4.64. The minimum absolute atomic E-state index is 0.163. The minimum atomic E-state index is -0.215. The molecule has 1 amide bonds. The fourth-order valence-corrected chi connectivity index (χ4v) is 4.08. The van der Waals surface area contributed by atoms with Crippen LogP contribution < -0.4 is 10.1 Å². The van der Waals surface area contributed by atoms with Gasteiger partial charge in [0.1, 0.15) is 5.75 Å². The number of aromatic nitrogens is 3. The molecule has 1 aromatic carbocycles. The number of pyridine rings is 1. The molecule has 0 fully saturated rings. The summed E-state index contributed by atoms with van der Waals surface area (Å²) < 4.78 is 7.25. The average molecular weight is 407 g/mol. The summed E-state index contributed by atoms with van der Waals surface area (Å²) in [4.78, 5) is 19.0. The molecule has 1 atom stereocenters. The summed E-state index contributed by atoms with van der Waals surface area (Å²) in [6.07, 6.45) is 1.71. The zero-order valence-corrected chi connectivity index (χ0v) is 17.4.